The van der Waals surface area contributed by atoms with Crippen LogP contribution in [0.25, 0.3) is 0 Å². The molecular weight excluding hydrogens is 336 g/mol. The van der Waals surface area contributed by atoms with Gasteiger partial charge in [-0.15, -0.1) is 0 Å². The molecule has 0 spiro atoms. The van der Waals surface area contributed by atoms with Gasteiger partial charge in [0, 0.05) is 37.6 Å². The van der Waals surface area contributed by atoms with E-state index in [9.17, 15) is 9.59 Å². The minimum Gasteiger partial charge on any atom is -0.496 e. The lowest BCUT2D eigenvalue weighted by Gasteiger charge is -2.22. The molecule has 0 aliphatic carbocycles. The first kappa shape index (κ1) is 15.8. The van der Waals surface area contributed by atoms with Crippen LogP contribution in [0.5, 0.6) is 5.75 Å². The third kappa shape index (κ3) is 3.75. The van der Waals surface area contributed by atoms with Crippen LogP contribution in [0.4, 0.5) is 0 Å². The first-order chi connectivity index (χ1) is 10.0. The summed E-state index contributed by atoms with van der Waals surface area (Å²) in [5.74, 6) is 0.568. The number of ether oxygens (including phenoxy) is 1. The van der Waals surface area contributed by atoms with Gasteiger partial charge in [0.25, 0.3) is 5.91 Å². The topological polar surface area (TPSA) is 49.9 Å². The van der Waals surface area contributed by atoms with Crippen molar-refractivity contribution in [3.05, 3.63) is 28.2 Å². The van der Waals surface area contributed by atoms with Crippen LogP contribution in [0.2, 0.25) is 0 Å². The zero-order chi connectivity index (χ0) is 15.4. The molecule has 0 atom stereocenters. The van der Waals surface area contributed by atoms with E-state index in [1.165, 1.54) is 0 Å². The average molecular weight is 355 g/mol. The lowest BCUT2D eigenvalue weighted by molar-refractivity contribution is -0.128. The van der Waals surface area contributed by atoms with E-state index < -0.39 is 0 Å². The van der Waals surface area contributed by atoms with Crippen molar-refractivity contribution >= 4 is 27.7 Å². The van der Waals surface area contributed by atoms with E-state index in [2.05, 4.69) is 15.9 Å². The number of halogens is 1. The summed E-state index contributed by atoms with van der Waals surface area (Å²) < 4.78 is 6.11. The van der Waals surface area contributed by atoms with E-state index in [1.807, 2.05) is 6.07 Å². The van der Waals surface area contributed by atoms with E-state index in [4.69, 9.17) is 4.74 Å². The summed E-state index contributed by atoms with van der Waals surface area (Å²) in [5.41, 5.74) is 0.545. The number of carbonyl (C=O) groups excluding carboxylic acids is 2. The largest absolute Gasteiger partial charge is 0.496 e. The van der Waals surface area contributed by atoms with Crippen LogP contribution in [-0.2, 0) is 4.79 Å². The molecule has 1 fully saturated rings. The average Bonchev–Trinajstić information content (AvgIpc) is 2.72. The maximum Gasteiger partial charge on any atom is 0.257 e. The molecule has 1 aliphatic rings. The van der Waals surface area contributed by atoms with Gasteiger partial charge in [0.05, 0.1) is 12.7 Å². The molecular formula is C15H19BrN2O3. The van der Waals surface area contributed by atoms with Gasteiger partial charge in [0.2, 0.25) is 5.91 Å². The lowest BCUT2D eigenvalue weighted by atomic mass is 10.1. The Bertz CT molecular complexity index is 548. The van der Waals surface area contributed by atoms with E-state index in [1.54, 1.807) is 36.0 Å². The molecule has 0 unspecified atom stereocenters. The zero-order valence-corrected chi connectivity index (χ0v) is 13.9. The fourth-order valence-corrected chi connectivity index (χ4v) is 2.81. The van der Waals surface area contributed by atoms with Gasteiger partial charge in [-0.3, -0.25) is 9.59 Å². The second-order valence-electron chi connectivity index (χ2n) is 5.00. The predicted molar refractivity (Wildman–Crippen MR) is 83.5 cm³/mol. The Morgan fingerprint density at radius 1 is 1.14 bits per heavy atom. The highest BCUT2D eigenvalue weighted by molar-refractivity contribution is 9.10. The van der Waals surface area contributed by atoms with Crippen molar-refractivity contribution < 1.29 is 14.3 Å². The molecule has 1 aromatic rings. The van der Waals surface area contributed by atoms with E-state index in [0.717, 1.165) is 10.9 Å². The summed E-state index contributed by atoms with van der Waals surface area (Å²) in [6.45, 7) is 4.05. The van der Waals surface area contributed by atoms with Crippen LogP contribution in [0.3, 0.4) is 0 Å². The van der Waals surface area contributed by atoms with Gasteiger partial charge < -0.3 is 14.5 Å². The number of amides is 2. The summed E-state index contributed by atoms with van der Waals surface area (Å²) in [7, 11) is 1.56. The number of hydrogen-bond donors (Lipinski definition) is 0. The van der Waals surface area contributed by atoms with Crippen LogP contribution in [0.1, 0.15) is 23.7 Å². The quantitative estimate of drug-likeness (QED) is 0.817. The van der Waals surface area contributed by atoms with Crippen molar-refractivity contribution in [3.63, 3.8) is 0 Å². The van der Waals surface area contributed by atoms with Gasteiger partial charge in [-0.25, -0.2) is 0 Å². The Balaban J connectivity index is 2.16. The van der Waals surface area contributed by atoms with Gasteiger partial charge in [0.15, 0.2) is 0 Å². The molecule has 1 aromatic carbocycles. The minimum atomic E-state index is -0.0569. The summed E-state index contributed by atoms with van der Waals surface area (Å²) >= 11 is 3.38. The maximum atomic E-state index is 12.7. The normalized spacial score (nSPS) is 15.6. The van der Waals surface area contributed by atoms with Crippen molar-refractivity contribution in [3.8, 4) is 5.75 Å². The predicted octanol–water partition coefficient (Wildman–Crippen LogP) is 2.15. The van der Waals surface area contributed by atoms with Crippen LogP contribution >= 0.6 is 15.9 Å². The number of methoxy groups -OCH3 is 1. The monoisotopic (exact) mass is 354 g/mol. The molecule has 0 bridgehead atoms. The van der Waals surface area contributed by atoms with Crippen molar-refractivity contribution in [2.75, 3.05) is 33.3 Å². The summed E-state index contributed by atoms with van der Waals surface area (Å²) in [5, 5.41) is 0. The zero-order valence-electron chi connectivity index (χ0n) is 12.3. The van der Waals surface area contributed by atoms with Gasteiger partial charge in [-0.05, 0) is 24.6 Å². The molecule has 2 amide bonds. The Hall–Kier alpha value is -1.56. The van der Waals surface area contributed by atoms with Gasteiger partial charge in [0.1, 0.15) is 5.75 Å². The molecule has 5 nitrogen and oxygen atoms in total. The fourth-order valence-electron chi connectivity index (χ4n) is 2.45. The molecule has 1 saturated heterocycles. The number of hydrogen-bond acceptors (Lipinski definition) is 3. The van der Waals surface area contributed by atoms with Crippen molar-refractivity contribution in [2.24, 2.45) is 0 Å². The molecule has 2 rings (SSSR count). The van der Waals surface area contributed by atoms with Crippen LogP contribution in [0, 0.1) is 0 Å². The van der Waals surface area contributed by atoms with E-state index >= 15 is 0 Å². The third-order valence-electron chi connectivity index (χ3n) is 3.62. The second kappa shape index (κ2) is 6.93. The fraction of sp³-hybridized carbons (Fsp3) is 0.467. The molecule has 0 aromatic heterocycles. The summed E-state index contributed by atoms with van der Waals surface area (Å²) in [4.78, 5) is 27.7. The molecule has 1 heterocycles. The number of nitrogens with zero attached hydrogens (tertiary/aromatic N) is 2. The Morgan fingerprint density at radius 2 is 1.81 bits per heavy atom. The van der Waals surface area contributed by atoms with E-state index in [-0.39, 0.29) is 11.8 Å². The van der Waals surface area contributed by atoms with Crippen LogP contribution in [0.15, 0.2) is 22.7 Å². The molecule has 6 heteroatoms. The first-order valence-electron chi connectivity index (χ1n) is 6.91. The molecule has 21 heavy (non-hydrogen) atoms. The standard InChI is InChI=1S/C15H19BrN2O3/c1-11(19)17-6-3-7-18(9-8-17)15(20)13-10-12(16)4-5-14(13)21-2/h4-5,10H,3,6-9H2,1-2H3. The van der Waals surface area contributed by atoms with Crippen LogP contribution in [-0.4, -0.2) is 54.9 Å². The van der Waals surface area contributed by atoms with Gasteiger partial charge >= 0.3 is 0 Å². The van der Waals surface area contributed by atoms with Gasteiger partial charge in [-0.2, -0.15) is 0 Å². The third-order valence-corrected chi connectivity index (χ3v) is 4.11. The highest BCUT2D eigenvalue weighted by Crippen LogP contribution is 2.24. The van der Waals surface area contributed by atoms with Crippen molar-refractivity contribution in [1.29, 1.82) is 0 Å². The van der Waals surface area contributed by atoms with Crippen molar-refractivity contribution in [1.82, 2.24) is 9.80 Å². The second-order valence-corrected chi connectivity index (χ2v) is 5.91. The molecule has 0 saturated carbocycles. The smallest absolute Gasteiger partial charge is 0.257 e. The van der Waals surface area contributed by atoms with Gasteiger partial charge in [-0.1, -0.05) is 15.9 Å². The molecule has 0 N–H and O–H groups in total. The Morgan fingerprint density at radius 3 is 2.48 bits per heavy atom. The van der Waals surface area contributed by atoms with Crippen molar-refractivity contribution in [2.45, 2.75) is 13.3 Å². The van der Waals surface area contributed by atoms with E-state index in [0.29, 0.717) is 37.5 Å². The number of rotatable bonds is 2. The highest BCUT2D eigenvalue weighted by atomic mass is 79.9. The molecule has 114 valence electrons. The molecule has 0 radical (unpaired) electrons. The molecule has 1 aliphatic heterocycles. The SMILES string of the molecule is COc1ccc(Br)cc1C(=O)N1CCCN(C(C)=O)CC1. The minimum absolute atomic E-state index is 0.0569. The number of carbonyl (C=O) groups is 2. The first-order valence-corrected chi connectivity index (χ1v) is 7.70. The number of benzene rings is 1. The maximum absolute atomic E-state index is 12.7. The highest BCUT2D eigenvalue weighted by Gasteiger charge is 2.23. The summed E-state index contributed by atoms with van der Waals surface area (Å²) in [6.07, 6.45) is 0.793. The Labute approximate surface area is 133 Å². The van der Waals surface area contributed by atoms with Crippen LogP contribution < -0.4 is 4.74 Å². The lowest BCUT2D eigenvalue weighted by Crippen LogP contribution is -2.36. The summed E-state index contributed by atoms with van der Waals surface area (Å²) in [6, 6.07) is 5.39. The Kier molecular flexibility index (Phi) is 5.22.